The molecule has 0 aliphatic carbocycles. The Bertz CT molecular complexity index is 218. The lowest BCUT2D eigenvalue weighted by Gasteiger charge is -2.00. The molecule has 2 heteroatoms. The van der Waals surface area contributed by atoms with Gasteiger partial charge in [0.25, 0.3) is 0 Å². The fraction of sp³-hybridized carbons (Fsp3) is 0.400. The monoisotopic (exact) mass is 182 g/mol. The zero-order valence-electron chi connectivity index (χ0n) is 7.54. The summed E-state index contributed by atoms with van der Waals surface area (Å²) >= 11 is 1.83. The van der Waals surface area contributed by atoms with Crippen molar-refractivity contribution in [1.82, 2.24) is 0 Å². The molecule has 0 unspecified atom stereocenters. The summed E-state index contributed by atoms with van der Waals surface area (Å²) in [5.41, 5.74) is 1.31. The van der Waals surface area contributed by atoms with E-state index < -0.39 is 0 Å². The van der Waals surface area contributed by atoms with Crippen LogP contribution >= 0.6 is 11.8 Å². The van der Waals surface area contributed by atoms with Crippen molar-refractivity contribution < 1.29 is 4.74 Å². The van der Waals surface area contributed by atoms with Gasteiger partial charge in [-0.25, -0.2) is 0 Å². The smallest absolute Gasteiger partial charge is 0.0556 e. The molecule has 66 valence electrons. The van der Waals surface area contributed by atoms with E-state index in [0.717, 1.165) is 12.4 Å². The van der Waals surface area contributed by atoms with Gasteiger partial charge in [-0.3, -0.25) is 0 Å². The van der Waals surface area contributed by atoms with Crippen molar-refractivity contribution in [2.24, 2.45) is 0 Å². The van der Waals surface area contributed by atoms with Gasteiger partial charge in [0.15, 0.2) is 0 Å². The molecule has 0 N–H and O–H groups in total. The van der Waals surface area contributed by atoms with E-state index in [9.17, 15) is 0 Å². The third-order valence-electron chi connectivity index (χ3n) is 1.58. The van der Waals surface area contributed by atoms with E-state index in [4.69, 9.17) is 4.74 Å². The molecular weight excluding hydrogens is 168 g/mol. The first kappa shape index (κ1) is 9.62. The van der Waals surface area contributed by atoms with E-state index in [1.807, 2.05) is 11.8 Å². The van der Waals surface area contributed by atoms with Crippen molar-refractivity contribution in [2.45, 2.75) is 11.8 Å². The first-order valence-corrected chi connectivity index (χ1v) is 5.00. The van der Waals surface area contributed by atoms with Crippen LogP contribution in [0.1, 0.15) is 5.56 Å². The number of hydrogen-bond acceptors (Lipinski definition) is 2. The number of thioether (sulfide) groups is 1. The van der Waals surface area contributed by atoms with Gasteiger partial charge in [0.2, 0.25) is 0 Å². The van der Waals surface area contributed by atoms with Crippen LogP contribution in [0, 0.1) is 6.92 Å². The quantitative estimate of drug-likeness (QED) is 0.523. The van der Waals surface area contributed by atoms with Gasteiger partial charge in [0.1, 0.15) is 0 Å². The van der Waals surface area contributed by atoms with Crippen molar-refractivity contribution in [2.75, 3.05) is 19.5 Å². The van der Waals surface area contributed by atoms with Crippen LogP contribution in [0.25, 0.3) is 0 Å². The van der Waals surface area contributed by atoms with Crippen LogP contribution in [0.15, 0.2) is 29.2 Å². The summed E-state index contributed by atoms with van der Waals surface area (Å²) in [5.74, 6) is 1.03. The van der Waals surface area contributed by atoms with E-state index in [2.05, 4.69) is 31.2 Å². The zero-order chi connectivity index (χ0) is 8.81. The first-order valence-electron chi connectivity index (χ1n) is 4.01. The van der Waals surface area contributed by atoms with Crippen LogP contribution in [0.3, 0.4) is 0 Å². The molecule has 0 radical (unpaired) electrons. The minimum atomic E-state index is 0.818. The third kappa shape index (κ3) is 3.28. The minimum Gasteiger partial charge on any atom is -0.384 e. The van der Waals surface area contributed by atoms with E-state index in [1.165, 1.54) is 10.5 Å². The average molecular weight is 182 g/mol. The van der Waals surface area contributed by atoms with Crippen molar-refractivity contribution in [3.8, 4) is 0 Å². The van der Waals surface area contributed by atoms with Crippen molar-refractivity contribution in [1.29, 1.82) is 0 Å². The third-order valence-corrected chi connectivity index (χ3v) is 2.55. The van der Waals surface area contributed by atoms with E-state index in [1.54, 1.807) is 7.11 Å². The van der Waals surface area contributed by atoms with Crippen LogP contribution in [0.2, 0.25) is 0 Å². The molecule has 1 rings (SSSR count). The molecule has 0 spiro atoms. The molecule has 0 saturated heterocycles. The Morgan fingerprint density at radius 3 is 2.50 bits per heavy atom. The van der Waals surface area contributed by atoms with Crippen molar-refractivity contribution >= 4 is 11.8 Å². The van der Waals surface area contributed by atoms with Gasteiger partial charge in [-0.05, 0) is 19.1 Å². The lowest BCUT2D eigenvalue weighted by Crippen LogP contribution is -1.90. The molecule has 0 aromatic heterocycles. The molecule has 0 amide bonds. The molecule has 12 heavy (non-hydrogen) atoms. The molecular formula is C10H14OS. The van der Waals surface area contributed by atoms with Crippen LogP contribution in [-0.2, 0) is 4.74 Å². The number of rotatable bonds is 4. The van der Waals surface area contributed by atoms with Gasteiger partial charge in [-0.1, -0.05) is 17.7 Å². The Hall–Kier alpha value is -0.470. The summed E-state index contributed by atoms with van der Waals surface area (Å²) < 4.78 is 4.97. The molecule has 0 heterocycles. The molecule has 0 aliphatic heterocycles. The Balaban J connectivity index is 2.37. The van der Waals surface area contributed by atoms with Gasteiger partial charge in [0, 0.05) is 17.8 Å². The number of benzene rings is 1. The fourth-order valence-electron chi connectivity index (χ4n) is 0.877. The molecule has 0 fully saturated rings. The van der Waals surface area contributed by atoms with E-state index >= 15 is 0 Å². The van der Waals surface area contributed by atoms with Crippen molar-refractivity contribution in [3.63, 3.8) is 0 Å². The Morgan fingerprint density at radius 2 is 1.92 bits per heavy atom. The Labute approximate surface area is 78.1 Å². The highest BCUT2D eigenvalue weighted by Gasteiger charge is 1.91. The summed E-state index contributed by atoms with van der Waals surface area (Å²) in [6.07, 6.45) is 0. The molecule has 0 atom stereocenters. The zero-order valence-corrected chi connectivity index (χ0v) is 8.36. The fourth-order valence-corrected chi connectivity index (χ4v) is 1.69. The number of aryl methyl sites for hydroxylation is 1. The highest BCUT2D eigenvalue weighted by Crippen LogP contribution is 2.17. The van der Waals surface area contributed by atoms with Gasteiger partial charge in [-0.15, -0.1) is 11.8 Å². The number of methoxy groups -OCH3 is 1. The lowest BCUT2D eigenvalue weighted by atomic mass is 10.2. The SMILES string of the molecule is COCCSc1ccc(C)cc1. The molecule has 0 saturated carbocycles. The maximum absolute atomic E-state index is 4.97. The standard InChI is InChI=1S/C10H14OS/c1-9-3-5-10(6-4-9)12-8-7-11-2/h3-6H,7-8H2,1-2H3. The van der Waals surface area contributed by atoms with Gasteiger partial charge in [0.05, 0.1) is 6.61 Å². The Kier molecular flexibility index (Phi) is 4.19. The number of hydrogen-bond donors (Lipinski definition) is 0. The van der Waals surface area contributed by atoms with E-state index in [0.29, 0.717) is 0 Å². The summed E-state index contributed by atoms with van der Waals surface area (Å²) in [7, 11) is 1.73. The van der Waals surface area contributed by atoms with Crippen LogP contribution in [-0.4, -0.2) is 19.5 Å². The second kappa shape index (κ2) is 5.22. The van der Waals surface area contributed by atoms with Gasteiger partial charge in [-0.2, -0.15) is 0 Å². The van der Waals surface area contributed by atoms with E-state index in [-0.39, 0.29) is 0 Å². The molecule has 1 aromatic rings. The summed E-state index contributed by atoms with van der Waals surface area (Å²) in [4.78, 5) is 1.32. The lowest BCUT2D eigenvalue weighted by molar-refractivity contribution is 0.218. The van der Waals surface area contributed by atoms with Gasteiger partial charge >= 0.3 is 0 Å². The topological polar surface area (TPSA) is 9.23 Å². The maximum Gasteiger partial charge on any atom is 0.0556 e. The minimum absolute atomic E-state index is 0.818. The summed E-state index contributed by atoms with van der Waals surface area (Å²) in [6.45, 7) is 2.92. The average Bonchev–Trinajstić information content (AvgIpc) is 2.09. The van der Waals surface area contributed by atoms with Crippen LogP contribution < -0.4 is 0 Å². The largest absolute Gasteiger partial charge is 0.384 e. The van der Waals surface area contributed by atoms with Gasteiger partial charge < -0.3 is 4.74 Å². The number of ether oxygens (including phenoxy) is 1. The maximum atomic E-state index is 4.97. The van der Waals surface area contributed by atoms with Crippen LogP contribution in [0.4, 0.5) is 0 Å². The highest BCUT2D eigenvalue weighted by molar-refractivity contribution is 7.99. The predicted molar refractivity (Wildman–Crippen MR) is 53.8 cm³/mol. The highest BCUT2D eigenvalue weighted by atomic mass is 32.2. The second-order valence-electron chi connectivity index (χ2n) is 2.65. The molecule has 1 nitrogen and oxygen atoms in total. The summed E-state index contributed by atoms with van der Waals surface area (Å²) in [5, 5.41) is 0. The molecule has 0 aliphatic rings. The molecule has 0 bridgehead atoms. The Morgan fingerprint density at radius 1 is 1.25 bits per heavy atom. The summed E-state index contributed by atoms with van der Waals surface area (Å²) in [6, 6.07) is 8.57. The normalized spacial score (nSPS) is 10.2. The van der Waals surface area contributed by atoms with Crippen molar-refractivity contribution in [3.05, 3.63) is 29.8 Å². The molecule has 1 aromatic carbocycles. The second-order valence-corrected chi connectivity index (χ2v) is 3.82. The predicted octanol–water partition coefficient (Wildman–Crippen LogP) is 2.73. The van der Waals surface area contributed by atoms with Crippen LogP contribution in [0.5, 0.6) is 0 Å². The first-order chi connectivity index (χ1) is 5.83.